The molecule has 0 bridgehead atoms. The van der Waals surface area contributed by atoms with Gasteiger partial charge >= 0.3 is 0 Å². The maximum atomic E-state index is 5.93. The Morgan fingerprint density at radius 2 is 2.19 bits per heavy atom. The van der Waals surface area contributed by atoms with Crippen LogP contribution in [0.15, 0.2) is 11.4 Å². The third-order valence-electron chi connectivity index (χ3n) is 2.38. The summed E-state index contributed by atoms with van der Waals surface area (Å²) in [7, 11) is 1.58. The van der Waals surface area contributed by atoms with Crippen molar-refractivity contribution in [2.24, 2.45) is 0 Å². The van der Waals surface area contributed by atoms with E-state index in [-0.39, 0.29) is 0 Å². The molecule has 16 heavy (non-hydrogen) atoms. The van der Waals surface area contributed by atoms with Crippen LogP contribution in [0.25, 0.3) is 0 Å². The van der Waals surface area contributed by atoms with Crippen LogP contribution < -0.4 is 4.74 Å². The molecule has 1 aromatic rings. The monoisotopic (exact) mass is 260 g/mol. The van der Waals surface area contributed by atoms with Gasteiger partial charge in [-0.1, -0.05) is 23.4 Å². The molecule has 1 aromatic heterocycles. The van der Waals surface area contributed by atoms with Gasteiger partial charge in [0.1, 0.15) is 11.4 Å². The number of ether oxygens (including phenoxy) is 2. The fourth-order valence-electron chi connectivity index (χ4n) is 1.54. The van der Waals surface area contributed by atoms with E-state index in [1.165, 1.54) is 6.33 Å². The molecule has 0 N–H and O–H groups in total. The van der Waals surface area contributed by atoms with E-state index in [1.807, 2.05) is 0 Å². The van der Waals surface area contributed by atoms with Crippen molar-refractivity contribution < 1.29 is 9.47 Å². The fourth-order valence-corrected chi connectivity index (χ4v) is 2.95. The third kappa shape index (κ3) is 2.78. The molecule has 0 spiro atoms. The van der Waals surface area contributed by atoms with Crippen molar-refractivity contribution in [1.29, 1.82) is 0 Å². The molecule has 0 amide bonds. The van der Waals surface area contributed by atoms with Crippen LogP contribution in [0.3, 0.4) is 0 Å². The first-order valence-corrected chi connectivity index (χ1v) is 6.36. The molecule has 0 unspecified atom stereocenters. The summed E-state index contributed by atoms with van der Waals surface area (Å²) in [6.45, 7) is 1.64. The lowest BCUT2D eigenvalue weighted by Gasteiger charge is -2.21. The first kappa shape index (κ1) is 12.0. The highest BCUT2D eigenvalue weighted by molar-refractivity contribution is 8.00. The number of rotatable bonds is 3. The fraction of sp³-hybridized carbons (Fsp3) is 0.600. The van der Waals surface area contributed by atoms with Gasteiger partial charge in [-0.05, 0) is 12.8 Å². The molecule has 1 aliphatic rings. The lowest BCUT2D eigenvalue weighted by atomic mass is 10.2. The van der Waals surface area contributed by atoms with Gasteiger partial charge in [-0.2, -0.15) is 0 Å². The molecule has 1 aliphatic heterocycles. The molecule has 2 rings (SSSR count). The Labute approximate surface area is 104 Å². The minimum atomic E-state index is 0.368. The van der Waals surface area contributed by atoms with Gasteiger partial charge in [0.2, 0.25) is 0 Å². The number of aromatic nitrogens is 2. The molecule has 0 radical (unpaired) electrons. The molecule has 0 atom stereocenters. The second-order valence-corrected chi connectivity index (χ2v) is 5.08. The standard InChI is InChI=1S/C10H13ClN2O2S/c1-14-8-9(11)12-6-13-10(8)16-7-2-4-15-5-3-7/h6-7H,2-5H2,1H3. The second kappa shape index (κ2) is 5.70. The van der Waals surface area contributed by atoms with Gasteiger partial charge in [0.25, 0.3) is 0 Å². The van der Waals surface area contributed by atoms with Crippen LogP contribution in [0.4, 0.5) is 0 Å². The van der Waals surface area contributed by atoms with Crippen molar-refractivity contribution in [3.63, 3.8) is 0 Å². The Morgan fingerprint density at radius 1 is 1.44 bits per heavy atom. The predicted molar refractivity (Wildman–Crippen MR) is 63.3 cm³/mol. The number of thioether (sulfide) groups is 1. The zero-order valence-corrected chi connectivity index (χ0v) is 10.6. The molecule has 0 saturated carbocycles. The Bertz CT molecular complexity index is 359. The Morgan fingerprint density at radius 3 is 2.88 bits per heavy atom. The summed E-state index contributed by atoms with van der Waals surface area (Å²) in [5, 5.41) is 1.70. The number of hydrogen-bond donors (Lipinski definition) is 0. The summed E-state index contributed by atoms with van der Waals surface area (Å²) in [5.74, 6) is 0.570. The number of hydrogen-bond acceptors (Lipinski definition) is 5. The van der Waals surface area contributed by atoms with Crippen LogP contribution in [0.1, 0.15) is 12.8 Å². The van der Waals surface area contributed by atoms with E-state index in [1.54, 1.807) is 18.9 Å². The van der Waals surface area contributed by atoms with E-state index in [4.69, 9.17) is 21.1 Å². The average molecular weight is 261 g/mol. The number of nitrogens with zero attached hydrogens (tertiary/aromatic N) is 2. The van der Waals surface area contributed by atoms with Gasteiger partial charge in [-0.15, -0.1) is 0 Å². The molecule has 4 nitrogen and oxygen atoms in total. The first-order valence-electron chi connectivity index (χ1n) is 5.10. The van der Waals surface area contributed by atoms with Crippen molar-refractivity contribution >= 4 is 23.4 Å². The van der Waals surface area contributed by atoms with E-state index in [2.05, 4.69) is 9.97 Å². The van der Waals surface area contributed by atoms with Crippen molar-refractivity contribution in [2.75, 3.05) is 20.3 Å². The van der Waals surface area contributed by atoms with Crippen LogP contribution >= 0.6 is 23.4 Å². The van der Waals surface area contributed by atoms with Crippen LogP contribution in [-0.2, 0) is 4.74 Å². The Hall–Kier alpha value is -0.520. The van der Waals surface area contributed by atoms with Crippen molar-refractivity contribution in [3.05, 3.63) is 11.5 Å². The number of halogens is 1. The first-order chi connectivity index (χ1) is 7.81. The van der Waals surface area contributed by atoms with Gasteiger partial charge in [-0.3, -0.25) is 0 Å². The SMILES string of the molecule is COc1c(Cl)ncnc1SC1CCOCC1. The molecule has 1 saturated heterocycles. The zero-order chi connectivity index (χ0) is 11.4. The van der Waals surface area contributed by atoms with Crippen LogP contribution in [0.2, 0.25) is 5.15 Å². The summed E-state index contributed by atoms with van der Waals surface area (Å²) in [6, 6.07) is 0. The van der Waals surface area contributed by atoms with Gasteiger partial charge in [-0.25, -0.2) is 9.97 Å². The second-order valence-electron chi connectivity index (χ2n) is 3.43. The van der Waals surface area contributed by atoms with Gasteiger partial charge < -0.3 is 9.47 Å². The van der Waals surface area contributed by atoms with Crippen molar-refractivity contribution in [1.82, 2.24) is 9.97 Å². The predicted octanol–water partition coefficient (Wildman–Crippen LogP) is 2.41. The summed E-state index contributed by atoms with van der Waals surface area (Å²) in [5.41, 5.74) is 0. The lowest BCUT2D eigenvalue weighted by Crippen LogP contribution is -2.17. The summed E-state index contributed by atoms with van der Waals surface area (Å²) in [6.07, 6.45) is 3.54. The van der Waals surface area contributed by atoms with Crippen LogP contribution in [0, 0.1) is 0 Å². The molecular weight excluding hydrogens is 248 g/mol. The zero-order valence-electron chi connectivity index (χ0n) is 8.98. The highest BCUT2D eigenvalue weighted by Crippen LogP contribution is 2.36. The van der Waals surface area contributed by atoms with E-state index < -0.39 is 0 Å². The van der Waals surface area contributed by atoms with E-state index in [9.17, 15) is 0 Å². The van der Waals surface area contributed by atoms with Gasteiger partial charge in [0, 0.05) is 18.5 Å². The third-order valence-corrected chi connectivity index (χ3v) is 3.97. The smallest absolute Gasteiger partial charge is 0.188 e. The van der Waals surface area contributed by atoms with E-state index in [0.29, 0.717) is 16.2 Å². The summed E-state index contributed by atoms with van der Waals surface area (Å²) in [4.78, 5) is 8.10. The molecule has 88 valence electrons. The van der Waals surface area contributed by atoms with Crippen LogP contribution in [-0.4, -0.2) is 35.5 Å². The summed E-state index contributed by atoms with van der Waals surface area (Å²) < 4.78 is 10.5. The van der Waals surface area contributed by atoms with Gasteiger partial charge in [0.05, 0.1) is 7.11 Å². The Kier molecular flexibility index (Phi) is 4.26. The van der Waals surface area contributed by atoms with Crippen molar-refractivity contribution in [2.45, 2.75) is 23.1 Å². The maximum Gasteiger partial charge on any atom is 0.188 e. The molecule has 2 heterocycles. The summed E-state index contributed by atoms with van der Waals surface area (Å²) >= 11 is 7.62. The Balaban J connectivity index is 2.10. The molecule has 6 heteroatoms. The molecule has 0 aliphatic carbocycles. The van der Waals surface area contributed by atoms with Gasteiger partial charge in [0.15, 0.2) is 10.9 Å². The minimum Gasteiger partial charge on any atom is -0.491 e. The normalized spacial score (nSPS) is 17.4. The largest absolute Gasteiger partial charge is 0.491 e. The lowest BCUT2D eigenvalue weighted by molar-refractivity contribution is 0.1000. The quantitative estimate of drug-likeness (QED) is 0.781. The highest BCUT2D eigenvalue weighted by atomic mass is 35.5. The average Bonchev–Trinajstić information content (AvgIpc) is 2.31. The molecular formula is C10H13ClN2O2S. The molecule has 0 aromatic carbocycles. The minimum absolute atomic E-state index is 0.368. The van der Waals surface area contributed by atoms with Crippen LogP contribution in [0.5, 0.6) is 5.75 Å². The van der Waals surface area contributed by atoms with E-state index in [0.717, 1.165) is 31.1 Å². The highest BCUT2D eigenvalue weighted by Gasteiger charge is 2.19. The van der Waals surface area contributed by atoms with E-state index >= 15 is 0 Å². The molecule has 1 fully saturated rings. The number of methoxy groups -OCH3 is 1. The maximum absolute atomic E-state index is 5.93. The van der Waals surface area contributed by atoms with Crippen molar-refractivity contribution in [3.8, 4) is 5.75 Å². The topological polar surface area (TPSA) is 44.2 Å².